The van der Waals surface area contributed by atoms with Crippen LogP contribution in [0, 0.1) is 0 Å². The maximum atomic E-state index is 12.6. The number of anilines is 3. The van der Waals surface area contributed by atoms with E-state index in [0.717, 1.165) is 33.2 Å². The summed E-state index contributed by atoms with van der Waals surface area (Å²) >= 11 is 1.17. The lowest BCUT2D eigenvalue weighted by molar-refractivity contribution is 0.243. The largest absolute Gasteiger partial charge is 0.333 e. The predicted molar refractivity (Wildman–Crippen MR) is 135 cm³/mol. The Balaban J connectivity index is 1.52. The highest BCUT2D eigenvalue weighted by Gasteiger charge is 2.17. The monoisotopic (exact) mass is 470 g/mol. The molecule has 5 aromatic rings. The van der Waals surface area contributed by atoms with E-state index in [0.29, 0.717) is 17.4 Å². The fourth-order valence-electron chi connectivity index (χ4n) is 3.43. The number of urea groups is 1. The zero-order valence-electron chi connectivity index (χ0n) is 18.8. The quantitative estimate of drug-likeness (QED) is 0.324. The van der Waals surface area contributed by atoms with E-state index in [4.69, 9.17) is 0 Å². The highest BCUT2D eigenvalue weighted by atomic mass is 32.1. The Kier molecular flexibility index (Phi) is 5.50. The number of rotatable bonds is 4. The molecule has 0 bridgehead atoms. The molecule has 3 aromatic heterocycles. The molecule has 0 radical (unpaired) electrons. The molecule has 0 atom stereocenters. The van der Waals surface area contributed by atoms with Crippen molar-refractivity contribution < 1.29 is 4.79 Å². The maximum Gasteiger partial charge on any atom is 0.320 e. The van der Waals surface area contributed by atoms with Crippen molar-refractivity contribution in [2.75, 3.05) is 10.6 Å². The van der Waals surface area contributed by atoms with Crippen molar-refractivity contribution in [2.45, 2.75) is 26.3 Å². The number of aromatic nitrogens is 5. The van der Waals surface area contributed by atoms with Gasteiger partial charge in [0.25, 0.3) is 0 Å². The van der Waals surface area contributed by atoms with E-state index < -0.39 is 0 Å². The third-order valence-corrected chi connectivity index (χ3v) is 5.44. The van der Waals surface area contributed by atoms with E-state index in [9.17, 15) is 4.79 Å². The van der Waals surface area contributed by atoms with Crippen LogP contribution in [-0.4, -0.2) is 35.3 Å². The zero-order valence-corrected chi connectivity index (χ0v) is 19.6. The lowest BCUT2D eigenvalue weighted by Crippen LogP contribution is -2.43. The first kappa shape index (κ1) is 21.7. The molecular formula is C24H22N8OS. The fourth-order valence-corrected chi connectivity index (χ4v) is 3.94. The van der Waals surface area contributed by atoms with Crippen LogP contribution in [0.3, 0.4) is 0 Å². The van der Waals surface area contributed by atoms with Crippen LogP contribution in [0.15, 0.2) is 60.8 Å². The number of benzene rings is 2. The molecule has 10 heteroatoms. The molecule has 34 heavy (non-hydrogen) atoms. The van der Waals surface area contributed by atoms with Crippen molar-refractivity contribution in [3.05, 3.63) is 60.8 Å². The normalized spacial score (nSPS) is 11.5. The smallest absolute Gasteiger partial charge is 0.320 e. The number of amides is 2. The number of carbonyl (C=O) groups is 1. The molecule has 0 saturated carbocycles. The summed E-state index contributed by atoms with van der Waals surface area (Å²) in [4.78, 5) is 26.3. The van der Waals surface area contributed by atoms with Gasteiger partial charge in [-0.25, -0.2) is 14.8 Å². The highest BCUT2D eigenvalue weighted by Crippen LogP contribution is 2.30. The summed E-state index contributed by atoms with van der Waals surface area (Å²) in [6.07, 6.45) is 1.71. The number of hydrogen-bond donors (Lipinski definition) is 3. The molecule has 0 saturated heterocycles. The zero-order chi connectivity index (χ0) is 23.7. The minimum absolute atomic E-state index is 0.339. The molecule has 3 N–H and O–H groups in total. The van der Waals surface area contributed by atoms with Crippen LogP contribution in [-0.2, 0) is 0 Å². The molecule has 3 heterocycles. The SMILES string of the molecule is CC(C)(C)NC(=O)Nc1nc2nc(Nc3ccc4nsnc4c3)ncc2cc1-c1ccccc1. The summed E-state index contributed by atoms with van der Waals surface area (Å²) in [5, 5.41) is 9.74. The Morgan fingerprint density at radius 2 is 1.74 bits per heavy atom. The third-order valence-electron chi connectivity index (χ3n) is 4.88. The van der Waals surface area contributed by atoms with Gasteiger partial charge in [-0.05, 0) is 50.6 Å². The van der Waals surface area contributed by atoms with Gasteiger partial charge in [-0.2, -0.15) is 13.7 Å². The summed E-state index contributed by atoms with van der Waals surface area (Å²) in [6.45, 7) is 5.76. The van der Waals surface area contributed by atoms with Gasteiger partial charge in [0, 0.05) is 28.4 Å². The average molecular weight is 471 g/mol. The third kappa shape index (κ3) is 4.76. The van der Waals surface area contributed by atoms with Gasteiger partial charge >= 0.3 is 6.03 Å². The molecule has 2 aromatic carbocycles. The molecule has 0 spiro atoms. The lowest BCUT2D eigenvalue weighted by Gasteiger charge is -2.21. The number of nitrogens with one attached hydrogen (secondary N) is 3. The topological polar surface area (TPSA) is 118 Å². The summed E-state index contributed by atoms with van der Waals surface area (Å²) < 4.78 is 8.48. The van der Waals surface area contributed by atoms with E-state index in [1.807, 2.05) is 75.4 Å². The van der Waals surface area contributed by atoms with E-state index >= 15 is 0 Å². The molecule has 9 nitrogen and oxygen atoms in total. The molecule has 0 aliphatic heterocycles. The summed E-state index contributed by atoms with van der Waals surface area (Å²) in [6, 6.07) is 17.0. The molecule has 0 aliphatic carbocycles. The molecule has 0 fully saturated rings. The Morgan fingerprint density at radius 3 is 2.53 bits per heavy atom. The van der Waals surface area contributed by atoms with Crippen LogP contribution in [0.1, 0.15) is 20.8 Å². The lowest BCUT2D eigenvalue weighted by atomic mass is 10.1. The first-order valence-corrected chi connectivity index (χ1v) is 11.4. The Labute approximate surface area is 200 Å². The molecular weight excluding hydrogens is 448 g/mol. The second kappa shape index (κ2) is 8.64. The van der Waals surface area contributed by atoms with Crippen LogP contribution in [0.2, 0.25) is 0 Å². The van der Waals surface area contributed by atoms with Gasteiger partial charge in [-0.1, -0.05) is 30.3 Å². The van der Waals surface area contributed by atoms with Crippen LogP contribution >= 0.6 is 11.7 Å². The van der Waals surface area contributed by atoms with Gasteiger partial charge in [0.05, 0.1) is 11.7 Å². The van der Waals surface area contributed by atoms with Crippen LogP contribution in [0.25, 0.3) is 33.2 Å². The first-order valence-electron chi connectivity index (χ1n) is 10.7. The van der Waals surface area contributed by atoms with Crippen molar-refractivity contribution in [1.29, 1.82) is 0 Å². The van der Waals surface area contributed by atoms with Crippen molar-refractivity contribution in [3.63, 3.8) is 0 Å². The van der Waals surface area contributed by atoms with Crippen LogP contribution in [0.4, 0.5) is 22.2 Å². The van der Waals surface area contributed by atoms with Crippen molar-refractivity contribution in [1.82, 2.24) is 29.0 Å². The van der Waals surface area contributed by atoms with E-state index in [1.54, 1.807) is 6.20 Å². The number of hydrogen-bond acceptors (Lipinski definition) is 8. The second-order valence-electron chi connectivity index (χ2n) is 8.78. The van der Waals surface area contributed by atoms with Gasteiger partial charge in [0.15, 0.2) is 5.65 Å². The summed E-state index contributed by atoms with van der Waals surface area (Å²) in [7, 11) is 0. The maximum absolute atomic E-state index is 12.6. The molecule has 0 aliphatic rings. The van der Waals surface area contributed by atoms with Gasteiger partial charge in [-0.3, -0.25) is 5.32 Å². The van der Waals surface area contributed by atoms with Gasteiger partial charge in [0.2, 0.25) is 5.95 Å². The van der Waals surface area contributed by atoms with E-state index in [1.165, 1.54) is 11.7 Å². The number of carbonyl (C=O) groups excluding carboxylic acids is 1. The average Bonchev–Trinajstić information content (AvgIpc) is 3.26. The molecule has 0 unspecified atom stereocenters. The minimum atomic E-state index is -0.388. The van der Waals surface area contributed by atoms with Crippen LogP contribution in [0.5, 0.6) is 0 Å². The van der Waals surface area contributed by atoms with Gasteiger partial charge < -0.3 is 10.6 Å². The second-order valence-corrected chi connectivity index (χ2v) is 9.31. The Hall–Kier alpha value is -4.18. The molecule has 170 valence electrons. The van der Waals surface area contributed by atoms with Crippen LogP contribution < -0.4 is 16.0 Å². The molecule has 5 rings (SSSR count). The van der Waals surface area contributed by atoms with Gasteiger partial charge in [0.1, 0.15) is 16.9 Å². The standard InChI is InChI=1S/C24H22N8OS/c1-24(2,3)30-23(33)29-21-17(14-7-5-4-6-8-14)11-15-13-25-22(28-20(15)27-21)26-16-9-10-18-19(12-16)32-34-31-18/h4-13H,1-3H3,(H3,25,26,27,28,29,30,33). The minimum Gasteiger partial charge on any atom is -0.333 e. The highest BCUT2D eigenvalue weighted by molar-refractivity contribution is 7.00. The molecule has 2 amide bonds. The van der Waals surface area contributed by atoms with Crippen molar-refractivity contribution >= 4 is 57.3 Å². The fraction of sp³-hybridized carbons (Fsp3) is 0.167. The van der Waals surface area contributed by atoms with Crippen molar-refractivity contribution in [3.8, 4) is 11.1 Å². The summed E-state index contributed by atoms with van der Waals surface area (Å²) in [5.74, 6) is 0.806. The number of pyridine rings is 1. The van der Waals surface area contributed by atoms with E-state index in [-0.39, 0.29) is 11.6 Å². The van der Waals surface area contributed by atoms with E-state index in [2.05, 4.69) is 39.6 Å². The van der Waals surface area contributed by atoms with Crippen molar-refractivity contribution in [2.24, 2.45) is 0 Å². The summed E-state index contributed by atoms with van der Waals surface area (Å²) in [5.41, 5.74) is 4.22. The Bertz CT molecular complexity index is 1490. The predicted octanol–water partition coefficient (Wildman–Crippen LogP) is 5.36. The number of fused-ring (bicyclic) bond motifs is 2. The Morgan fingerprint density at radius 1 is 0.941 bits per heavy atom. The van der Waals surface area contributed by atoms with Gasteiger partial charge in [-0.15, -0.1) is 0 Å². The first-order chi connectivity index (χ1) is 16.3. The number of nitrogens with zero attached hydrogens (tertiary/aromatic N) is 5.